The minimum Gasteiger partial charge on any atom is -0.494 e. The second kappa shape index (κ2) is 11.9. The van der Waals surface area contributed by atoms with Gasteiger partial charge in [0, 0.05) is 25.1 Å². The van der Waals surface area contributed by atoms with E-state index in [9.17, 15) is 4.79 Å². The lowest BCUT2D eigenvalue weighted by atomic mass is 9.87. The quantitative estimate of drug-likeness (QED) is 0.246. The maximum Gasteiger partial charge on any atom is 0.251 e. The Morgan fingerprint density at radius 2 is 1.61 bits per heavy atom. The molecule has 1 amide bonds. The molecule has 0 aliphatic rings. The van der Waals surface area contributed by atoms with Crippen LogP contribution < -0.4 is 10.1 Å². The minimum absolute atomic E-state index is 0.0304. The SMILES string of the molecule is CC(C)(C)c1ccc(OCCCCn2c(CCCNC(=O)c3ccccc3)nc3ccccc32)cc1. The summed E-state index contributed by atoms with van der Waals surface area (Å²) in [6.45, 7) is 8.88. The van der Waals surface area contributed by atoms with Crippen LogP contribution in [0.25, 0.3) is 11.0 Å². The third-order valence-electron chi connectivity index (χ3n) is 6.40. The zero-order valence-corrected chi connectivity index (χ0v) is 21.7. The van der Waals surface area contributed by atoms with Crippen molar-refractivity contribution in [3.63, 3.8) is 0 Å². The number of hydrogen-bond donors (Lipinski definition) is 1. The molecule has 0 saturated heterocycles. The molecule has 5 heteroatoms. The summed E-state index contributed by atoms with van der Waals surface area (Å²) in [7, 11) is 0. The van der Waals surface area contributed by atoms with Gasteiger partial charge in [0.2, 0.25) is 0 Å². The number of fused-ring (bicyclic) bond motifs is 1. The van der Waals surface area contributed by atoms with Crippen molar-refractivity contribution >= 4 is 16.9 Å². The number of nitrogens with one attached hydrogen (secondary N) is 1. The van der Waals surface area contributed by atoms with Crippen molar-refractivity contribution in [1.82, 2.24) is 14.9 Å². The van der Waals surface area contributed by atoms with E-state index >= 15 is 0 Å². The Labute approximate surface area is 214 Å². The van der Waals surface area contributed by atoms with Gasteiger partial charge in [-0.15, -0.1) is 0 Å². The van der Waals surface area contributed by atoms with Gasteiger partial charge in [-0.25, -0.2) is 4.98 Å². The number of aryl methyl sites for hydroxylation is 2. The second-order valence-corrected chi connectivity index (χ2v) is 10.2. The molecule has 36 heavy (non-hydrogen) atoms. The average Bonchev–Trinajstić information content (AvgIpc) is 3.24. The lowest BCUT2D eigenvalue weighted by molar-refractivity contribution is 0.0953. The normalized spacial score (nSPS) is 11.5. The Hall–Kier alpha value is -3.60. The molecule has 188 valence electrons. The van der Waals surface area contributed by atoms with Crippen LogP contribution in [0.5, 0.6) is 5.75 Å². The van der Waals surface area contributed by atoms with E-state index in [1.54, 1.807) is 0 Å². The maximum absolute atomic E-state index is 12.3. The number of ether oxygens (including phenoxy) is 1. The molecule has 0 bridgehead atoms. The van der Waals surface area contributed by atoms with Gasteiger partial charge in [-0.05, 0) is 66.6 Å². The Bertz CT molecular complexity index is 1250. The summed E-state index contributed by atoms with van der Waals surface area (Å²) in [5.41, 5.74) is 4.35. The molecule has 0 aliphatic heterocycles. The fourth-order valence-corrected chi connectivity index (χ4v) is 4.32. The Balaban J connectivity index is 1.27. The van der Waals surface area contributed by atoms with Gasteiger partial charge in [0.25, 0.3) is 5.91 Å². The van der Waals surface area contributed by atoms with Crippen molar-refractivity contribution < 1.29 is 9.53 Å². The number of hydrogen-bond acceptors (Lipinski definition) is 3. The molecule has 0 saturated carbocycles. The highest BCUT2D eigenvalue weighted by Crippen LogP contribution is 2.24. The van der Waals surface area contributed by atoms with Crippen LogP contribution in [-0.2, 0) is 18.4 Å². The van der Waals surface area contributed by atoms with E-state index in [-0.39, 0.29) is 11.3 Å². The minimum atomic E-state index is -0.0304. The van der Waals surface area contributed by atoms with Crippen molar-refractivity contribution in [2.75, 3.05) is 13.2 Å². The zero-order chi connectivity index (χ0) is 25.4. The fraction of sp³-hybridized carbons (Fsp3) is 0.355. The molecule has 0 fully saturated rings. The number of unbranched alkanes of at least 4 members (excludes halogenated alkanes) is 1. The molecule has 0 spiro atoms. The van der Waals surface area contributed by atoms with Crippen LogP contribution in [0.4, 0.5) is 0 Å². The van der Waals surface area contributed by atoms with E-state index in [0.717, 1.165) is 49.3 Å². The van der Waals surface area contributed by atoms with Crippen LogP contribution in [0.3, 0.4) is 0 Å². The van der Waals surface area contributed by atoms with Gasteiger partial charge in [0.15, 0.2) is 0 Å². The number of carbonyl (C=O) groups excluding carboxylic acids is 1. The average molecular weight is 484 g/mol. The highest BCUT2D eigenvalue weighted by molar-refractivity contribution is 5.94. The molecule has 4 aromatic rings. The van der Waals surface area contributed by atoms with E-state index in [4.69, 9.17) is 9.72 Å². The van der Waals surface area contributed by atoms with Gasteiger partial charge < -0.3 is 14.6 Å². The second-order valence-electron chi connectivity index (χ2n) is 10.2. The maximum atomic E-state index is 12.3. The Morgan fingerprint density at radius 1 is 0.889 bits per heavy atom. The molecule has 0 radical (unpaired) electrons. The molecule has 1 aromatic heterocycles. The lowest BCUT2D eigenvalue weighted by Crippen LogP contribution is -2.24. The first kappa shape index (κ1) is 25.5. The monoisotopic (exact) mass is 483 g/mol. The highest BCUT2D eigenvalue weighted by Gasteiger charge is 2.13. The first-order chi connectivity index (χ1) is 17.4. The third-order valence-corrected chi connectivity index (χ3v) is 6.40. The first-order valence-electron chi connectivity index (χ1n) is 12.9. The zero-order valence-electron chi connectivity index (χ0n) is 21.7. The van der Waals surface area contributed by atoms with E-state index in [1.807, 2.05) is 36.4 Å². The first-order valence-corrected chi connectivity index (χ1v) is 12.9. The number of carbonyl (C=O) groups is 1. The van der Waals surface area contributed by atoms with Gasteiger partial charge in [-0.1, -0.05) is 63.2 Å². The standard InChI is InChI=1S/C31H37N3O2/c1-31(2,3)25-17-19-26(20-18-25)36-23-10-9-22-34-28-15-8-7-14-27(28)33-29(34)16-11-21-32-30(35)24-12-5-4-6-13-24/h4-8,12-15,17-20H,9-11,16,21-23H2,1-3H3,(H,32,35). The van der Waals surface area contributed by atoms with Crippen LogP contribution in [0.15, 0.2) is 78.9 Å². The summed E-state index contributed by atoms with van der Waals surface area (Å²) >= 11 is 0. The van der Waals surface area contributed by atoms with Crippen LogP contribution in [-0.4, -0.2) is 28.6 Å². The number of imidazole rings is 1. The molecule has 4 rings (SSSR count). The van der Waals surface area contributed by atoms with Gasteiger partial charge in [-0.2, -0.15) is 0 Å². The smallest absolute Gasteiger partial charge is 0.251 e. The number of aromatic nitrogens is 2. The molecule has 1 N–H and O–H groups in total. The summed E-state index contributed by atoms with van der Waals surface area (Å²) in [6.07, 6.45) is 3.65. The van der Waals surface area contributed by atoms with Crippen molar-refractivity contribution in [2.24, 2.45) is 0 Å². The van der Waals surface area contributed by atoms with Crippen molar-refractivity contribution in [3.8, 4) is 5.75 Å². The molecular formula is C31H37N3O2. The largest absolute Gasteiger partial charge is 0.494 e. The van der Waals surface area contributed by atoms with E-state index in [1.165, 1.54) is 11.1 Å². The van der Waals surface area contributed by atoms with Crippen LogP contribution in [0.1, 0.15) is 61.8 Å². The van der Waals surface area contributed by atoms with Gasteiger partial charge in [-0.3, -0.25) is 4.79 Å². The Kier molecular flexibility index (Phi) is 8.42. The molecular weight excluding hydrogens is 446 g/mol. The lowest BCUT2D eigenvalue weighted by Gasteiger charge is -2.19. The molecule has 0 unspecified atom stereocenters. The number of para-hydroxylation sites is 2. The molecule has 3 aromatic carbocycles. The van der Waals surface area contributed by atoms with Crippen molar-refractivity contribution in [1.29, 1.82) is 0 Å². The molecule has 1 heterocycles. The van der Waals surface area contributed by atoms with E-state index < -0.39 is 0 Å². The summed E-state index contributed by atoms with van der Waals surface area (Å²) in [4.78, 5) is 17.2. The van der Waals surface area contributed by atoms with Crippen LogP contribution in [0.2, 0.25) is 0 Å². The van der Waals surface area contributed by atoms with E-state index in [2.05, 4.69) is 73.1 Å². The Morgan fingerprint density at radius 3 is 2.36 bits per heavy atom. The number of amides is 1. The van der Waals surface area contributed by atoms with E-state index in [0.29, 0.717) is 18.7 Å². The summed E-state index contributed by atoms with van der Waals surface area (Å²) in [5, 5.41) is 3.02. The molecule has 0 atom stereocenters. The van der Waals surface area contributed by atoms with Crippen molar-refractivity contribution in [2.45, 2.75) is 58.4 Å². The third kappa shape index (κ3) is 6.75. The summed E-state index contributed by atoms with van der Waals surface area (Å²) in [6, 6.07) is 26.1. The van der Waals surface area contributed by atoms with Crippen LogP contribution >= 0.6 is 0 Å². The predicted molar refractivity (Wildman–Crippen MR) is 147 cm³/mol. The van der Waals surface area contributed by atoms with Crippen LogP contribution in [0, 0.1) is 0 Å². The topological polar surface area (TPSA) is 56.1 Å². The predicted octanol–water partition coefficient (Wildman–Crippen LogP) is 6.56. The fourth-order valence-electron chi connectivity index (χ4n) is 4.32. The van der Waals surface area contributed by atoms with Crippen molar-refractivity contribution in [3.05, 3.63) is 95.8 Å². The van der Waals surface area contributed by atoms with Gasteiger partial charge in [0.05, 0.1) is 17.6 Å². The highest BCUT2D eigenvalue weighted by atomic mass is 16.5. The van der Waals surface area contributed by atoms with Gasteiger partial charge in [0.1, 0.15) is 11.6 Å². The summed E-state index contributed by atoms with van der Waals surface area (Å²) < 4.78 is 8.31. The number of rotatable bonds is 11. The number of nitrogens with zero attached hydrogens (tertiary/aromatic N) is 2. The molecule has 5 nitrogen and oxygen atoms in total. The summed E-state index contributed by atoms with van der Waals surface area (Å²) in [5.74, 6) is 1.97. The number of benzene rings is 3. The molecule has 0 aliphatic carbocycles. The van der Waals surface area contributed by atoms with Gasteiger partial charge >= 0.3 is 0 Å².